The Morgan fingerprint density at radius 1 is 1.21 bits per heavy atom. The van der Waals surface area contributed by atoms with Crippen molar-refractivity contribution in [1.29, 1.82) is 0 Å². The molecular weight excluding hydrogens is 236 g/mol. The molecular formula is C16H24N2O. The lowest BCUT2D eigenvalue weighted by Gasteiger charge is -2.27. The Morgan fingerprint density at radius 2 is 1.89 bits per heavy atom. The summed E-state index contributed by atoms with van der Waals surface area (Å²) in [5.74, 6) is 1.54. The minimum Gasteiger partial charge on any atom is -0.459 e. The van der Waals surface area contributed by atoms with E-state index < -0.39 is 0 Å². The molecule has 3 heteroatoms. The topological polar surface area (TPSA) is 42.4 Å². The number of nitrogens with zero attached hydrogens (tertiary/aromatic N) is 1. The second-order valence-electron chi connectivity index (χ2n) is 5.60. The lowest BCUT2D eigenvalue weighted by Crippen LogP contribution is -2.32. The summed E-state index contributed by atoms with van der Waals surface area (Å²) in [5.41, 5.74) is 7.98. The molecule has 1 aromatic carbocycles. The van der Waals surface area contributed by atoms with Crippen LogP contribution in [-0.4, -0.2) is 18.0 Å². The highest BCUT2D eigenvalue weighted by Gasteiger charge is 2.18. The zero-order chi connectivity index (χ0) is 14.0. The fourth-order valence-electron chi connectivity index (χ4n) is 2.39. The third-order valence-corrected chi connectivity index (χ3v) is 4.03. The Morgan fingerprint density at radius 3 is 2.53 bits per heavy atom. The summed E-state index contributed by atoms with van der Waals surface area (Å²) in [6.07, 6.45) is 0. The monoisotopic (exact) mass is 260 g/mol. The van der Waals surface area contributed by atoms with E-state index in [1.54, 1.807) is 0 Å². The molecule has 1 unspecified atom stereocenters. The third kappa shape index (κ3) is 2.82. The molecule has 104 valence electrons. The second kappa shape index (κ2) is 5.76. The van der Waals surface area contributed by atoms with Crippen LogP contribution in [0.2, 0.25) is 0 Å². The molecule has 3 nitrogen and oxygen atoms in total. The van der Waals surface area contributed by atoms with Gasteiger partial charge in [-0.15, -0.1) is 0 Å². The molecule has 0 aliphatic carbocycles. The van der Waals surface area contributed by atoms with E-state index >= 15 is 0 Å². The number of rotatable bonds is 5. The highest BCUT2D eigenvalue weighted by atomic mass is 16.3. The van der Waals surface area contributed by atoms with Crippen LogP contribution in [0.25, 0.3) is 11.0 Å². The van der Waals surface area contributed by atoms with Crippen LogP contribution >= 0.6 is 0 Å². The summed E-state index contributed by atoms with van der Waals surface area (Å²) in [6.45, 7) is 8.09. The average molecular weight is 260 g/mol. The zero-order valence-electron chi connectivity index (χ0n) is 12.3. The maximum Gasteiger partial charge on any atom is 0.134 e. The summed E-state index contributed by atoms with van der Waals surface area (Å²) in [4.78, 5) is 2.36. The predicted octanol–water partition coefficient (Wildman–Crippen LogP) is 3.37. The molecule has 0 aliphatic rings. The number of hydrogen-bond acceptors (Lipinski definition) is 3. The first-order valence-electron chi connectivity index (χ1n) is 6.94. The van der Waals surface area contributed by atoms with E-state index in [9.17, 15) is 0 Å². The molecule has 19 heavy (non-hydrogen) atoms. The molecule has 0 bridgehead atoms. The normalized spacial score (nSPS) is 13.6. The van der Waals surface area contributed by atoms with Crippen LogP contribution in [0.5, 0.6) is 0 Å². The van der Waals surface area contributed by atoms with Gasteiger partial charge < -0.3 is 10.2 Å². The van der Waals surface area contributed by atoms with Gasteiger partial charge in [0.1, 0.15) is 11.3 Å². The molecule has 1 heterocycles. The van der Waals surface area contributed by atoms with E-state index in [4.69, 9.17) is 10.2 Å². The van der Waals surface area contributed by atoms with Crippen molar-refractivity contribution in [2.45, 2.75) is 39.9 Å². The molecule has 0 aliphatic heterocycles. The van der Waals surface area contributed by atoms with Crippen LogP contribution in [0.3, 0.4) is 0 Å². The van der Waals surface area contributed by atoms with Crippen LogP contribution in [0, 0.1) is 5.92 Å². The van der Waals surface area contributed by atoms with Gasteiger partial charge in [0.2, 0.25) is 0 Å². The van der Waals surface area contributed by atoms with Gasteiger partial charge in [-0.3, -0.25) is 4.90 Å². The van der Waals surface area contributed by atoms with Gasteiger partial charge in [0.05, 0.1) is 6.54 Å². The lowest BCUT2D eigenvalue weighted by molar-refractivity contribution is 0.200. The van der Waals surface area contributed by atoms with Gasteiger partial charge in [-0.1, -0.05) is 32.0 Å². The van der Waals surface area contributed by atoms with E-state index in [2.05, 4.69) is 38.8 Å². The molecule has 0 fully saturated rings. The number of para-hydroxylation sites is 1. The molecule has 2 N–H and O–H groups in total. The average Bonchev–Trinajstić information content (AvgIpc) is 2.76. The van der Waals surface area contributed by atoms with Crippen molar-refractivity contribution in [3.63, 3.8) is 0 Å². The quantitative estimate of drug-likeness (QED) is 0.896. The molecule has 1 atom stereocenters. The number of furan rings is 1. The SMILES string of the molecule is CC(C)C(C)N(C)Cc1c(CN)oc2ccccc12. The van der Waals surface area contributed by atoms with Gasteiger partial charge in [-0.05, 0) is 26.0 Å². The smallest absolute Gasteiger partial charge is 0.134 e. The van der Waals surface area contributed by atoms with Gasteiger partial charge in [0.25, 0.3) is 0 Å². The van der Waals surface area contributed by atoms with Crippen LogP contribution in [-0.2, 0) is 13.1 Å². The van der Waals surface area contributed by atoms with E-state index in [0.717, 1.165) is 17.9 Å². The van der Waals surface area contributed by atoms with Gasteiger partial charge in [-0.25, -0.2) is 0 Å². The second-order valence-corrected chi connectivity index (χ2v) is 5.60. The van der Waals surface area contributed by atoms with Crippen molar-refractivity contribution >= 4 is 11.0 Å². The van der Waals surface area contributed by atoms with Gasteiger partial charge in [0, 0.05) is 23.5 Å². The molecule has 1 aromatic heterocycles. The van der Waals surface area contributed by atoms with Gasteiger partial charge in [-0.2, -0.15) is 0 Å². The maximum absolute atomic E-state index is 5.84. The molecule has 0 spiro atoms. The number of nitrogens with two attached hydrogens (primary N) is 1. The molecule has 2 aromatic rings. The Labute approximate surface area is 115 Å². The van der Waals surface area contributed by atoms with Crippen LogP contribution in [0.15, 0.2) is 28.7 Å². The fraction of sp³-hybridized carbons (Fsp3) is 0.500. The van der Waals surface area contributed by atoms with Gasteiger partial charge in [0.15, 0.2) is 0 Å². The van der Waals surface area contributed by atoms with E-state index in [1.807, 2.05) is 18.2 Å². The van der Waals surface area contributed by atoms with Crippen LogP contribution in [0.4, 0.5) is 0 Å². The summed E-state index contributed by atoms with van der Waals surface area (Å²) >= 11 is 0. The summed E-state index contributed by atoms with van der Waals surface area (Å²) in [5, 5.41) is 1.19. The Kier molecular flexibility index (Phi) is 4.27. The van der Waals surface area contributed by atoms with Crippen molar-refractivity contribution < 1.29 is 4.42 Å². The maximum atomic E-state index is 5.84. The number of fused-ring (bicyclic) bond motifs is 1. The van der Waals surface area contributed by atoms with Gasteiger partial charge >= 0.3 is 0 Å². The lowest BCUT2D eigenvalue weighted by atomic mass is 10.0. The van der Waals surface area contributed by atoms with Crippen molar-refractivity contribution in [2.75, 3.05) is 7.05 Å². The zero-order valence-corrected chi connectivity index (χ0v) is 12.3. The molecule has 2 rings (SSSR count). The van der Waals surface area contributed by atoms with E-state index in [1.165, 1.54) is 10.9 Å². The molecule has 0 radical (unpaired) electrons. The minimum absolute atomic E-state index is 0.452. The van der Waals surface area contributed by atoms with Crippen molar-refractivity contribution in [3.05, 3.63) is 35.6 Å². The highest BCUT2D eigenvalue weighted by molar-refractivity contribution is 5.82. The number of benzene rings is 1. The Hall–Kier alpha value is -1.32. The summed E-state index contributed by atoms with van der Waals surface area (Å²) in [7, 11) is 2.16. The predicted molar refractivity (Wildman–Crippen MR) is 79.9 cm³/mol. The first-order chi connectivity index (χ1) is 9.04. The van der Waals surface area contributed by atoms with Crippen molar-refractivity contribution in [1.82, 2.24) is 4.90 Å². The van der Waals surface area contributed by atoms with E-state index in [-0.39, 0.29) is 0 Å². The summed E-state index contributed by atoms with van der Waals surface area (Å²) in [6, 6.07) is 8.69. The first kappa shape index (κ1) is 14.1. The Balaban J connectivity index is 2.33. The number of hydrogen-bond donors (Lipinski definition) is 1. The molecule has 0 saturated carbocycles. The van der Waals surface area contributed by atoms with Crippen molar-refractivity contribution in [3.8, 4) is 0 Å². The van der Waals surface area contributed by atoms with Crippen LogP contribution in [0.1, 0.15) is 32.1 Å². The van der Waals surface area contributed by atoms with Crippen molar-refractivity contribution in [2.24, 2.45) is 11.7 Å². The first-order valence-corrected chi connectivity index (χ1v) is 6.94. The molecule has 0 saturated heterocycles. The standard InChI is InChI=1S/C16H24N2O/c1-11(2)12(3)18(4)10-14-13-7-5-6-8-15(13)19-16(14)9-17/h5-8,11-12H,9-10,17H2,1-4H3. The Bertz CT molecular complexity index is 545. The highest BCUT2D eigenvalue weighted by Crippen LogP contribution is 2.27. The fourth-order valence-corrected chi connectivity index (χ4v) is 2.39. The van der Waals surface area contributed by atoms with Crippen LogP contribution < -0.4 is 5.73 Å². The third-order valence-electron chi connectivity index (χ3n) is 4.03. The minimum atomic E-state index is 0.452. The largest absolute Gasteiger partial charge is 0.459 e. The summed E-state index contributed by atoms with van der Waals surface area (Å²) < 4.78 is 5.84. The molecule has 0 amide bonds. The van der Waals surface area contributed by atoms with E-state index in [0.29, 0.717) is 18.5 Å².